The van der Waals surface area contributed by atoms with Crippen molar-refractivity contribution in [3.05, 3.63) is 58.7 Å². The highest BCUT2D eigenvalue weighted by Crippen LogP contribution is 2.20. The molecule has 1 radical (unpaired) electrons. The van der Waals surface area contributed by atoms with E-state index in [0.29, 0.717) is 5.95 Å². The van der Waals surface area contributed by atoms with E-state index in [4.69, 9.17) is 4.65 Å². The third-order valence-electron chi connectivity index (χ3n) is 3.26. The predicted molar refractivity (Wildman–Crippen MR) is 96.6 cm³/mol. The minimum absolute atomic E-state index is 0.582. The summed E-state index contributed by atoms with van der Waals surface area (Å²) in [5.41, 5.74) is 3.01. The van der Waals surface area contributed by atoms with E-state index in [1.807, 2.05) is 48.7 Å². The fourth-order valence-corrected chi connectivity index (χ4v) is 2.52. The number of aromatic nitrogens is 2. The zero-order valence-corrected chi connectivity index (χ0v) is 14.2. The Morgan fingerprint density at radius 3 is 2.78 bits per heavy atom. The van der Waals surface area contributed by atoms with Gasteiger partial charge in [-0.05, 0) is 35.9 Å². The number of anilines is 2. The maximum atomic E-state index is 4.84. The molecule has 0 bridgehead atoms. The summed E-state index contributed by atoms with van der Waals surface area (Å²) < 4.78 is 5.86. The summed E-state index contributed by atoms with van der Waals surface area (Å²) >= 11 is 3.45. The molecule has 1 aromatic heterocycles. The Labute approximate surface area is 143 Å². The molecule has 0 spiro atoms. The number of hydrogen-bond acceptors (Lipinski definition) is 5. The van der Waals surface area contributed by atoms with Crippen LogP contribution >= 0.6 is 15.9 Å². The highest BCUT2D eigenvalue weighted by atomic mass is 79.9. The Morgan fingerprint density at radius 1 is 1.17 bits per heavy atom. The third-order valence-corrected chi connectivity index (χ3v) is 3.75. The molecule has 0 saturated carbocycles. The van der Waals surface area contributed by atoms with Crippen LogP contribution in [-0.2, 0) is 11.2 Å². The van der Waals surface area contributed by atoms with Gasteiger partial charge >= 0.3 is 7.62 Å². The molecule has 0 unspecified atom stereocenters. The predicted octanol–water partition coefficient (Wildman–Crippen LogP) is 3.41. The van der Waals surface area contributed by atoms with Gasteiger partial charge in [0.25, 0.3) is 0 Å². The maximum absolute atomic E-state index is 4.84. The molecule has 1 heterocycles. The fraction of sp³-hybridized carbons (Fsp3) is 0.125. The van der Waals surface area contributed by atoms with Gasteiger partial charge in [-0.3, -0.25) is 0 Å². The molecule has 0 aliphatic heterocycles. The Morgan fingerprint density at radius 2 is 2.00 bits per heavy atom. The molecule has 0 aliphatic rings. The second kappa shape index (κ2) is 7.54. The smallest absolute Gasteiger partial charge is 0.395 e. The van der Waals surface area contributed by atoms with Crippen LogP contribution in [0.1, 0.15) is 5.56 Å². The monoisotopic (exact) mass is 369 g/mol. The highest BCUT2D eigenvalue weighted by molar-refractivity contribution is 9.10. The third kappa shape index (κ3) is 4.28. The van der Waals surface area contributed by atoms with Crippen LogP contribution in [0.5, 0.6) is 0 Å². The number of rotatable bonds is 6. The maximum Gasteiger partial charge on any atom is 0.395 e. The van der Waals surface area contributed by atoms with E-state index in [-0.39, 0.29) is 0 Å². The molecule has 0 fully saturated rings. The van der Waals surface area contributed by atoms with E-state index in [1.54, 1.807) is 14.7 Å². The van der Waals surface area contributed by atoms with Gasteiger partial charge in [0, 0.05) is 35.4 Å². The van der Waals surface area contributed by atoms with Crippen molar-refractivity contribution >= 4 is 46.1 Å². The number of hydrogen-bond donors (Lipinski definition) is 2. The summed E-state index contributed by atoms with van der Waals surface area (Å²) in [6.07, 6.45) is 1.81. The van der Waals surface area contributed by atoms with Crippen LogP contribution in [0.2, 0.25) is 0 Å². The summed E-state index contributed by atoms with van der Waals surface area (Å²) in [5.74, 6) is 0.582. The lowest BCUT2D eigenvalue weighted by atomic mass is 10.1. The Hall–Kier alpha value is -1.96. The van der Waals surface area contributed by atoms with Crippen molar-refractivity contribution < 1.29 is 4.65 Å². The topological polar surface area (TPSA) is 59.1 Å². The van der Waals surface area contributed by atoms with Crippen LogP contribution in [0.25, 0.3) is 10.9 Å². The molecule has 3 rings (SSSR count). The molecule has 23 heavy (non-hydrogen) atoms. The van der Waals surface area contributed by atoms with Crippen molar-refractivity contribution in [2.45, 2.75) is 6.54 Å². The normalized spacial score (nSPS) is 10.7. The zero-order chi connectivity index (χ0) is 16.1. The van der Waals surface area contributed by atoms with E-state index in [0.717, 1.165) is 33.2 Å². The molecule has 2 N–H and O–H groups in total. The van der Waals surface area contributed by atoms with Crippen molar-refractivity contribution in [2.75, 3.05) is 12.4 Å². The van der Waals surface area contributed by atoms with E-state index in [2.05, 4.69) is 36.4 Å². The van der Waals surface area contributed by atoms with E-state index < -0.39 is 0 Å². The Bertz CT molecular complexity index is 798. The largest absolute Gasteiger partial charge is 0.427 e. The van der Waals surface area contributed by atoms with Gasteiger partial charge in [0.05, 0.1) is 5.52 Å². The van der Waals surface area contributed by atoms with Crippen LogP contribution in [-0.4, -0.2) is 24.7 Å². The number of benzene rings is 2. The molecule has 0 aliphatic carbocycles. The summed E-state index contributed by atoms with van der Waals surface area (Å²) in [4.78, 5) is 8.87. The molecule has 3 aromatic rings. The van der Waals surface area contributed by atoms with Gasteiger partial charge in [0.1, 0.15) is 0 Å². The Kier molecular flexibility index (Phi) is 5.22. The molecule has 0 saturated heterocycles. The van der Waals surface area contributed by atoms with Gasteiger partial charge in [0.2, 0.25) is 5.95 Å². The van der Waals surface area contributed by atoms with Crippen LogP contribution in [0.15, 0.2) is 53.1 Å². The summed E-state index contributed by atoms with van der Waals surface area (Å²) in [6.45, 7) is 0.718. The second-order valence-corrected chi connectivity index (χ2v) is 5.87. The van der Waals surface area contributed by atoms with Crippen LogP contribution < -0.4 is 10.5 Å². The first-order chi connectivity index (χ1) is 11.2. The first-order valence-electron chi connectivity index (χ1n) is 7.11. The average Bonchev–Trinajstić information content (AvgIpc) is 2.57. The number of halogens is 1. The lowest BCUT2D eigenvalue weighted by Gasteiger charge is -2.07. The molecular weight excluding hydrogens is 355 g/mol. The first-order valence-corrected chi connectivity index (χ1v) is 7.90. The highest BCUT2D eigenvalue weighted by Gasteiger charge is 2.02. The molecule has 5 nitrogen and oxygen atoms in total. The molecule has 2 aromatic carbocycles. The standard InChI is InChI=1S/C16H15BBrN4O/c1-23-17-20-9-11-2-5-14(6-3-11)21-16-19-10-12-8-13(18)4-7-15(12)22-16/h2-8,10,20H,9H2,1H3,(H,19,21,22). The Balaban J connectivity index is 1.70. The lowest BCUT2D eigenvalue weighted by Crippen LogP contribution is -2.19. The second-order valence-electron chi connectivity index (χ2n) is 4.95. The van der Waals surface area contributed by atoms with Crippen molar-refractivity contribution in [1.29, 1.82) is 0 Å². The number of nitrogens with one attached hydrogen (secondary N) is 2. The van der Waals surface area contributed by atoms with Gasteiger partial charge < -0.3 is 15.2 Å². The lowest BCUT2D eigenvalue weighted by molar-refractivity contribution is 0.430. The van der Waals surface area contributed by atoms with Crippen molar-refractivity contribution in [2.24, 2.45) is 0 Å². The summed E-state index contributed by atoms with van der Waals surface area (Å²) in [7, 11) is 3.18. The van der Waals surface area contributed by atoms with Crippen LogP contribution in [0.4, 0.5) is 11.6 Å². The van der Waals surface area contributed by atoms with Crippen molar-refractivity contribution in [3.8, 4) is 0 Å². The van der Waals surface area contributed by atoms with E-state index in [1.165, 1.54) is 0 Å². The average molecular weight is 370 g/mol. The SMILES string of the molecule is CO[B]NCc1ccc(Nc2ncc3cc(Br)ccc3n2)cc1. The number of nitrogens with zero attached hydrogens (tertiary/aromatic N) is 2. The van der Waals surface area contributed by atoms with Crippen molar-refractivity contribution in [1.82, 2.24) is 15.2 Å². The molecule has 0 amide bonds. The minimum atomic E-state index is 0.582. The van der Waals surface area contributed by atoms with Crippen molar-refractivity contribution in [3.63, 3.8) is 0 Å². The van der Waals surface area contributed by atoms with E-state index in [9.17, 15) is 0 Å². The summed E-state index contributed by atoms with van der Waals surface area (Å²) in [6, 6.07) is 14.0. The van der Waals surface area contributed by atoms with Gasteiger partial charge in [-0.25, -0.2) is 9.97 Å². The zero-order valence-electron chi connectivity index (χ0n) is 12.6. The molecule has 7 heteroatoms. The molecule has 0 atom stereocenters. The van der Waals surface area contributed by atoms with Crippen LogP contribution in [0, 0.1) is 0 Å². The van der Waals surface area contributed by atoms with Gasteiger partial charge in [0.15, 0.2) is 0 Å². The summed E-state index contributed by atoms with van der Waals surface area (Å²) in [5, 5.41) is 7.27. The fourth-order valence-electron chi connectivity index (χ4n) is 2.14. The van der Waals surface area contributed by atoms with Crippen LogP contribution in [0.3, 0.4) is 0 Å². The molecular formula is C16H15BBrN4O. The van der Waals surface area contributed by atoms with Gasteiger partial charge in [-0.2, -0.15) is 0 Å². The van der Waals surface area contributed by atoms with Gasteiger partial charge in [-0.15, -0.1) is 0 Å². The van der Waals surface area contributed by atoms with Gasteiger partial charge in [-0.1, -0.05) is 28.1 Å². The quantitative estimate of drug-likeness (QED) is 0.515. The first kappa shape index (κ1) is 15.9. The van der Waals surface area contributed by atoms with E-state index >= 15 is 0 Å². The number of fused-ring (bicyclic) bond motifs is 1. The molecule has 115 valence electrons. The minimum Gasteiger partial charge on any atom is -0.427 e.